The van der Waals surface area contributed by atoms with E-state index in [1.807, 2.05) is 41.7 Å². The first-order chi connectivity index (χ1) is 12.5. The lowest BCUT2D eigenvalue weighted by molar-refractivity contribution is 1.19. The van der Waals surface area contributed by atoms with Crippen molar-refractivity contribution in [2.75, 3.05) is 5.32 Å². The molecule has 0 aliphatic heterocycles. The van der Waals surface area contributed by atoms with Crippen LogP contribution >= 0.6 is 34.8 Å². The van der Waals surface area contributed by atoms with Crippen LogP contribution in [0, 0.1) is 18.3 Å². The molecule has 2 aromatic heterocycles. The second-order valence-electron chi connectivity index (χ2n) is 5.83. The largest absolute Gasteiger partial charge is 0.340 e. The summed E-state index contributed by atoms with van der Waals surface area (Å²) in [4.78, 5) is 4.62. The third-order valence-corrected chi connectivity index (χ3v) is 5.19. The smallest absolute Gasteiger partial charge is 0.157 e. The maximum atomic E-state index is 9.56. The van der Waals surface area contributed by atoms with Crippen LogP contribution in [0.3, 0.4) is 0 Å². The number of nitriles is 1. The molecule has 4 nitrogen and oxygen atoms in total. The summed E-state index contributed by atoms with van der Waals surface area (Å²) in [6, 6.07) is 15.1. The second-order valence-corrected chi connectivity index (χ2v) is 7.05. The van der Waals surface area contributed by atoms with Crippen molar-refractivity contribution in [3.8, 4) is 6.07 Å². The molecule has 0 radical (unpaired) electrons. The van der Waals surface area contributed by atoms with Crippen molar-refractivity contribution in [1.29, 1.82) is 5.26 Å². The molecule has 0 unspecified atom stereocenters. The highest BCUT2D eigenvalue weighted by Gasteiger charge is 2.16. The summed E-state index contributed by atoms with van der Waals surface area (Å²) in [6.07, 6.45) is 0. The minimum atomic E-state index is 0.386. The predicted molar refractivity (Wildman–Crippen MR) is 107 cm³/mol. The fraction of sp³-hybridized carbons (Fsp3) is 0.0526. The highest BCUT2D eigenvalue weighted by molar-refractivity contribution is 6.44. The molecule has 128 valence electrons. The van der Waals surface area contributed by atoms with Gasteiger partial charge in [0.2, 0.25) is 0 Å². The number of hydrogen-bond donors (Lipinski definition) is 1. The maximum absolute atomic E-state index is 9.56. The molecular weight excluding hydrogens is 391 g/mol. The molecule has 26 heavy (non-hydrogen) atoms. The van der Waals surface area contributed by atoms with E-state index in [1.54, 1.807) is 12.1 Å². The van der Waals surface area contributed by atoms with E-state index in [1.165, 1.54) is 0 Å². The molecule has 0 aliphatic rings. The van der Waals surface area contributed by atoms with E-state index in [0.29, 0.717) is 32.0 Å². The summed E-state index contributed by atoms with van der Waals surface area (Å²) in [6.45, 7) is 1.87. The highest BCUT2D eigenvalue weighted by Crippen LogP contribution is 2.35. The van der Waals surface area contributed by atoms with E-state index < -0.39 is 0 Å². The van der Waals surface area contributed by atoms with Crippen LogP contribution in [0.5, 0.6) is 0 Å². The van der Waals surface area contributed by atoms with Gasteiger partial charge in [-0.25, -0.2) is 4.98 Å². The predicted octanol–water partition coefficient (Wildman–Crippen LogP) is 6.37. The first-order valence-corrected chi connectivity index (χ1v) is 8.85. The summed E-state index contributed by atoms with van der Waals surface area (Å²) in [7, 11) is 0. The van der Waals surface area contributed by atoms with Gasteiger partial charge >= 0.3 is 0 Å². The Labute approximate surface area is 164 Å². The SMILES string of the molecule is Cc1cc(Nc2cc(Cl)c(Cl)cc2Cl)n2c(nc3ccccc32)c1C#N. The van der Waals surface area contributed by atoms with Crippen molar-refractivity contribution in [1.82, 2.24) is 9.38 Å². The minimum Gasteiger partial charge on any atom is -0.340 e. The Morgan fingerprint density at radius 2 is 1.77 bits per heavy atom. The molecule has 1 N–H and O–H groups in total. The summed E-state index contributed by atoms with van der Waals surface area (Å²) in [5.41, 5.74) is 4.24. The lowest BCUT2D eigenvalue weighted by Crippen LogP contribution is -2.02. The Hall–Kier alpha value is -2.45. The quantitative estimate of drug-likeness (QED) is 0.397. The van der Waals surface area contributed by atoms with Gasteiger partial charge in [0.15, 0.2) is 5.65 Å². The number of anilines is 2. The third kappa shape index (κ3) is 2.65. The Morgan fingerprint density at radius 1 is 1.04 bits per heavy atom. The van der Waals surface area contributed by atoms with Gasteiger partial charge in [0, 0.05) is 0 Å². The van der Waals surface area contributed by atoms with Gasteiger partial charge in [-0.15, -0.1) is 0 Å². The number of benzene rings is 2. The molecule has 0 atom stereocenters. The van der Waals surface area contributed by atoms with E-state index >= 15 is 0 Å². The average molecular weight is 402 g/mol. The molecule has 4 rings (SSSR count). The molecule has 0 spiro atoms. The number of nitrogens with zero attached hydrogens (tertiary/aromatic N) is 3. The van der Waals surface area contributed by atoms with Crippen molar-refractivity contribution >= 4 is 63.0 Å². The monoisotopic (exact) mass is 400 g/mol. The molecular formula is C19H11Cl3N4. The van der Waals surface area contributed by atoms with Crippen molar-refractivity contribution in [2.45, 2.75) is 6.92 Å². The van der Waals surface area contributed by atoms with Crippen molar-refractivity contribution in [3.05, 3.63) is 68.7 Å². The zero-order chi connectivity index (χ0) is 18.4. The van der Waals surface area contributed by atoms with Gasteiger partial charge in [-0.1, -0.05) is 46.9 Å². The summed E-state index contributed by atoms with van der Waals surface area (Å²) < 4.78 is 1.90. The average Bonchev–Trinajstić information content (AvgIpc) is 2.99. The first-order valence-electron chi connectivity index (χ1n) is 7.72. The number of rotatable bonds is 2. The second kappa shape index (κ2) is 6.37. The van der Waals surface area contributed by atoms with Gasteiger partial charge < -0.3 is 5.32 Å². The lowest BCUT2D eigenvalue weighted by Gasteiger charge is -2.14. The topological polar surface area (TPSA) is 53.1 Å². The van der Waals surface area contributed by atoms with Crippen molar-refractivity contribution < 1.29 is 0 Å². The summed E-state index contributed by atoms with van der Waals surface area (Å²) in [5.74, 6) is 0.727. The molecule has 0 aliphatic carbocycles. The number of hydrogen-bond acceptors (Lipinski definition) is 3. The molecule has 2 heterocycles. The molecule has 4 aromatic rings. The Kier molecular flexibility index (Phi) is 4.16. The molecule has 0 fully saturated rings. The number of para-hydroxylation sites is 2. The number of fused-ring (bicyclic) bond motifs is 3. The normalized spacial score (nSPS) is 11.0. The van der Waals surface area contributed by atoms with Gasteiger partial charge in [0.05, 0.1) is 37.4 Å². The summed E-state index contributed by atoms with van der Waals surface area (Å²) in [5, 5.41) is 14.1. The number of aryl methyl sites for hydroxylation is 1. The maximum Gasteiger partial charge on any atom is 0.157 e. The van der Waals surface area contributed by atoms with Crippen LogP contribution in [0.1, 0.15) is 11.1 Å². The minimum absolute atomic E-state index is 0.386. The van der Waals surface area contributed by atoms with Crippen LogP contribution < -0.4 is 5.32 Å². The van der Waals surface area contributed by atoms with Crippen LogP contribution in [0.2, 0.25) is 15.1 Å². The zero-order valence-electron chi connectivity index (χ0n) is 13.5. The van der Waals surface area contributed by atoms with Crippen LogP contribution in [0.4, 0.5) is 11.5 Å². The van der Waals surface area contributed by atoms with E-state index in [-0.39, 0.29) is 0 Å². The lowest BCUT2D eigenvalue weighted by atomic mass is 10.1. The van der Waals surface area contributed by atoms with E-state index in [0.717, 1.165) is 22.4 Å². The number of nitrogens with one attached hydrogen (secondary N) is 1. The molecule has 0 amide bonds. The number of halogens is 3. The molecule has 0 bridgehead atoms. The molecule has 0 saturated heterocycles. The van der Waals surface area contributed by atoms with Crippen LogP contribution in [0.25, 0.3) is 16.7 Å². The Balaban J connectivity index is 2.01. The number of imidazole rings is 1. The van der Waals surface area contributed by atoms with Gasteiger partial charge in [0.25, 0.3) is 0 Å². The van der Waals surface area contributed by atoms with Crippen molar-refractivity contribution in [3.63, 3.8) is 0 Å². The standard InChI is InChI=1S/C19H11Cl3N4/c1-10-6-18(24-16-8-13(21)12(20)7-14(16)22)26-17-5-3-2-4-15(17)25-19(26)11(10)9-23/h2-8,24H,1H3. The van der Waals surface area contributed by atoms with E-state index in [4.69, 9.17) is 34.8 Å². The summed E-state index contributed by atoms with van der Waals surface area (Å²) >= 11 is 18.5. The Morgan fingerprint density at radius 3 is 2.54 bits per heavy atom. The molecule has 0 saturated carbocycles. The molecule has 7 heteroatoms. The van der Waals surface area contributed by atoms with Crippen LogP contribution in [0.15, 0.2) is 42.5 Å². The van der Waals surface area contributed by atoms with Gasteiger partial charge in [-0.2, -0.15) is 5.26 Å². The zero-order valence-corrected chi connectivity index (χ0v) is 15.8. The third-order valence-electron chi connectivity index (χ3n) is 4.16. The van der Waals surface area contributed by atoms with E-state index in [9.17, 15) is 5.26 Å². The van der Waals surface area contributed by atoms with Crippen molar-refractivity contribution in [2.24, 2.45) is 0 Å². The van der Waals surface area contributed by atoms with Crippen LogP contribution in [-0.4, -0.2) is 9.38 Å². The molecule has 2 aromatic carbocycles. The van der Waals surface area contributed by atoms with Gasteiger partial charge in [-0.3, -0.25) is 4.40 Å². The number of pyridine rings is 1. The highest BCUT2D eigenvalue weighted by atomic mass is 35.5. The first kappa shape index (κ1) is 17.0. The van der Waals surface area contributed by atoms with Gasteiger partial charge in [0.1, 0.15) is 11.9 Å². The fourth-order valence-electron chi connectivity index (χ4n) is 2.94. The number of aromatic nitrogens is 2. The Bertz CT molecular complexity index is 1220. The van der Waals surface area contributed by atoms with Gasteiger partial charge in [-0.05, 0) is 42.8 Å². The van der Waals surface area contributed by atoms with Crippen LogP contribution in [-0.2, 0) is 0 Å². The fourth-order valence-corrected chi connectivity index (χ4v) is 3.54. The van der Waals surface area contributed by atoms with E-state index in [2.05, 4.69) is 16.4 Å².